The normalized spacial score (nSPS) is 11.1. The fourth-order valence-electron chi connectivity index (χ4n) is 2.98. The molecule has 136 valence electrons. The van der Waals surface area contributed by atoms with Crippen molar-refractivity contribution >= 4 is 11.6 Å². The Morgan fingerprint density at radius 1 is 1.12 bits per heavy atom. The Hall–Kier alpha value is -3.00. The minimum absolute atomic E-state index is 0.184. The summed E-state index contributed by atoms with van der Waals surface area (Å²) in [7, 11) is 3.55. The summed E-state index contributed by atoms with van der Waals surface area (Å²) in [6, 6.07) is 3.76. The maximum Gasteiger partial charge on any atom is 0.295 e. The number of aromatic nitrogens is 4. The molecule has 0 atom stereocenters. The van der Waals surface area contributed by atoms with E-state index in [4.69, 9.17) is 0 Å². The average Bonchev–Trinajstić information content (AvgIpc) is 3.02. The molecule has 0 radical (unpaired) electrons. The Labute approximate surface area is 150 Å². The lowest BCUT2D eigenvalue weighted by molar-refractivity contribution is 0.0949. The molecule has 3 aromatic rings. The topological polar surface area (TPSA) is 93.3 Å². The van der Waals surface area contributed by atoms with Crippen LogP contribution in [0.2, 0.25) is 0 Å². The van der Waals surface area contributed by atoms with Crippen molar-refractivity contribution in [3.8, 4) is 0 Å². The predicted molar refractivity (Wildman–Crippen MR) is 98.1 cm³/mol. The van der Waals surface area contributed by atoms with Crippen LogP contribution in [0.1, 0.15) is 32.9 Å². The number of fused-ring (bicyclic) bond motifs is 1. The van der Waals surface area contributed by atoms with Gasteiger partial charge in [0.2, 0.25) is 5.65 Å². The summed E-state index contributed by atoms with van der Waals surface area (Å²) < 4.78 is 3.03. The number of carbonyl (C=O) groups is 1. The lowest BCUT2D eigenvalue weighted by atomic mass is 9.99. The summed E-state index contributed by atoms with van der Waals surface area (Å²) in [5.74, 6) is 0.319. The third kappa shape index (κ3) is 3.23. The van der Waals surface area contributed by atoms with Gasteiger partial charge in [0.05, 0.1) is 6.54 Å². The molecular formula is C18H22N6O2. The number of nitrogens with one attached hydrogen (secondary N) is 2. The van der Waals surface area contributed by atoms with Gasteiger partial charge in [0.15, 0.2) is 5.82 Å². The molecule has 1 amide bonds. The number of hydrogen-bond acceptors (Lipinski definition) is 5. The van der Waals surface area contributed by atoms with E-state index in [2.05, 4.69) is 20.8 Å². The maximum absolute atomic E-state index is 12.5. The SMILES string of the molecule is CNCc1c(C)cc(C(=O)NCc2nnc3c(=O)n(C)ccn23)cc1C. The van der Waals surface area contributed by atoms with Gasteiger partial charge in [-0.2, -0.15) is 0 Å². The highest BCUT2D eigenvalue weighted by atomic mass is 16.1. The zero-order valence-corrected chi connectivity index (χ0v) is 15.3. The minimum Gasteiger partial charge on any atom is -0.345 e. The second kappa shape index (κ2) is 7.09. The van der Waals surface area contributed by atoms with E-state index >= 15 is 0 Å². The molecule has 0 unspecified atom stereocenters. The van der Waals surface area contributed by atoms with E-state index in [1.54, 1.807) is 23.8 Å². The van der Waals surface area contributed by atoms with Gasteiger partial charge in [0.1, 0.15) is 0 Å². The molecule has 0 aliphatic heterocycles. The first-order valence-electron chi connectivity index (χ1n) is 8.34. The quantitative estimate of drug-likeness (QED) is 0.703. The molecule has 0 aliphatic carbocycles. The number of rotatable bonds is 5. The van der Waals surface area contributed by atoms with Gasteiger partial charge in [-0.25, -0.2) is 0 Å². The smallest absolute Gasteiger partial charge is 0.295 e. The number of aryl methyl sites for hydroxylation is 3. The standard InChI is InChI=1S/C18H22N6O2/c1-11-7-13(8-12(2)14(11)9-19-3)17(25)20-10-15-21-22-16-18(26)23(4)5-6-24(15)16/h5-8,19H,9-10H2,1-4H3,(H,20,25). The second-order valence-electron chi connectivity index (χ2n) is 6.33. The van der Waals surface area contributed by atoms with Gasteiger partial charge in [-0.15, -0.1) is 10.2 Å². The maximum atomic E-state index is 12.5. The molecule has 0 saturated heterocycles. The summed E-state index contributed by atoms with van der Waals surface area (Å²) in [6.07, 6.45) is 3.34. The molecule has 8 heteroatoms. The lowest BCUT2D eigenvalue weighted by Crippen LogP contribution is -2.25. The number of nitrogens with zero attached hydrogens (tertiary/aromatic N) is 4. The summed E-state index contributed by atoms with van der Waals surface area (Å²) in [5, 5.41) is 13.9. The van der Waals surface area contributed by atoms with Crippen LogP contribution < -0.4 is 16.2 Å². The Kier molecular flexibility index (Phi) is 4.85. The first-order valence-corrected chi connectivity index (χ1v) is 8.34. The molecule has 2 N–H and O–H groups in total. The van der Waals surface area contributed by atoms with Crippen molar-refractivity contribution < 1.29 is 4.79 Å². The molecule has 3 rings (SSSR count). The number of amides is 1. The van der Waals surface area contributed by atoms with Gasteiger partial charge < -0.3 is 15.2 Å². The van der Waals surface area contributed by atoms with Gasteiger partial charge in [0, 0.05) is 31.5 Å². The van der Waals surface area contributed by atoms with E-state index in [0.29, 0.717) is 11.4 Å². The van der Waals surface area contributed by atoms with Gasteiger partial charge in [-0.1, -0.05) is 0 Å². The summed E-state index contributed by atoms with van der Waals surface area (Å²) in [6.45, 7) is 4.94. The molecule has 0 fully saturated rings. The Morgan fingerprint density at radius 2 is 1.81 bits per heavy atom. The van der Waals surface area contributed by atoms with Crippen molar-refractivity contribution in [1.82, 2.24) is 29.8 Å². The van der Waals surface area contributed by atoms with Crippen LogP contribution in [0.3, 0.4) is 0 Å². The molecule has 0 saturated carbocycles. The van der Waals surface area contributed by atoms with Crippen molar-refractivity contribution in [1.29, 1.82) is 0 Å². The number of benzene rings is 1. The Bertz CT molecular complexity index is 1010. The van der Waals surface area contributed by atoms with Crippen LogP contribution in [-0.2, 0) is 20.1 Å². The summed E-state index contributed by atoms with van der Waals surface area (Å²) >= 11 is 0. The third-order valence-corrected chi connectivity index (χ3v) is 4.44. The van der Waals surface area contributed by atoms with E-state index in [0.717, 1.165) is 17.7 Å². The van der Waals surface area contributed by atoms with Crippen LogP contribution in [0, 0.1) is 13.8 Å². The summed E-state index contributed by atoms with van der Waals surface area (Å²) in [4.78, 5) is 24.5. The first-order chi connectivity index (χ1) is 12.4. The second-order valence-corrected chi connectivity index (χ2v) is 6.33. The minimum atomic E-state index is -0.232. The molecular weight excluding hydrogens is 332 g/mol. The molecule has 26 heavy (non-hydrogen) atoms. The summed E-state index contributed by atoms with van der Waals surface area (Å²) in [5.41, 5.74) is 3.95. The molecule has 2 heterocycles. The zero-order chi connectivity index (χ0) is 18.8. The van der Waals surface area contributed by atoms with Crippen molar-refractivity contribution in [3.63, 3.8) is 0 Å². The Balaban J connectivity index is 1.79. The molecule has 8 nitrogen and oxygen atoms in total. The average molecular weight is 354 g/mol. The van der Waals surface area contributed by atoms with Crippen LogP contribution in [0.4, 0.5) is 0 Å². The van der Waals surface area contributed by atoms with Crippen molar-refractivity contribution in [3.05, 3.63) is 63.0 Å². The molecule has 0 bridgehead atoms. The van der Waals surface area contributed by atoms with E-state index in [-0.39, 0.29) is 23.7 Å². The third-order valence-electron chi connectivity index (χ3n) is 4.44. The number of hydrogen-bond donors (Lipinski definition) is 2. The highest BCUT2D eigenvalue weighted by Gasteiger charge is 2.13. The van der Waals surface area contributed by atoms with E-state index in [1.807, 2.05) is 33.0 Å². The van der Waals surface area contributed by atoms with Crippen LogP contribution in [0.5, 0.6) is 0 Å². The predicted octanol–water partition coefficient (Wildman–Crippen LogP) is 0.694. The zero-order valence-electron chi connectivity index (χ0n) is 15.3. The van der Waals surface area contributed by atoms with E-state index in [1.165, 1.54) is 10.1 Å². The first kappa shape index (κ1) is 17.8. The van der Waals surface area contributed by atoms with Crippen molar-refractivity contribution in [2.75, 3.05) is 7.05 Å². The van der Waals surface area contributed by atoms with Crippen LogP contribution in [0.15, 0.2) is 29.3 Å². The largest absolute Gasteiger partial charge is 0.345 e. The monoisotopic (exact) mass is 354 g/mol. The van der Waals surface area contributed by atoms with Gasteiger partial charge in [0.25, 0.3) is 11.5 Å². The van der Waals surface area contributed by atoms with Gasteiger partial charge in [-0.3, -0.25) is 14.0 Å². The fraction of sp³-hybridized carbons (Fsp3) is 0.333. The lowest BCUT2D eigenvalue weighted by Gasteiger charge is -2.12. The highest BCUT2D eigenvalue weighted by molar-refractivity contribution is 5.94. The molecule has 0 spiro atoms. The van der Waals surface area contributed by atoms with E-state index in [9.17, 15) is 9.59 Å². The molecule has 2 aromatic heterocycles. The molecule has 1 aromatic carbocycles. The molecule has 0 aliphatic rings. The van der Waals surface area contributed by atoms with Crippen LogP contribution >= 0.6 is 0 Å². The number of carbonyl (C=O) groups excluding carboxylic acids is 1. The van der Waals surface area contributed by atoms with E-state index < -0.39 is 0 Å². The van der Waals surface area contributed by atoms with Crippen LogP contribution in [-0.4, -0.2) is 32.1 Å². The van der Waals surface area contributed by atoms with Crippen molar-refractivity contribution in [2.45, 2.75) is 26.9 Å². The Morgan fingerprint density at radius 3 is 2.46 bits per heavy atom. The van der Waals surface area contributed by atoms with Crippen LogP contribution in [0.25, 0.3) is 5.65 Å². The van der Waals surface area contributed by atoms with Gasteiger partial charge >= 0.3 is 0 Å². The highest BCUT2D eigenvalue weighted by Crippen LogP contribution is 2.16. The van der Waals surface area contributed by atoms with Crippen molar-refractivity contribution in [2.24, 2.45) is 7.05 Å². The fourth-order valence-corrected chi connectivity index (χ4v) is 2.98. The van der Waals surface area contributed by atoms with Gasteiger partial charge in [-0.05, 0) is 49.7 Å².